The fourth-order valence-electron chi connectivity index (χ4n) is 0.700. The van der Waals surface area contributed by atoms with E-state index in [2.05, 4.69) is 14.7 Å². The van der Waals surface area contributed by atoms with Crippen LogP contribution in [-0.2, 0) is 6.54 Å². The molecule has 0 spiro atoms. The number of imidazole rings is 1. The first-order valence-corrected chi connectivity index (χ1v) is 3.20. The molecule has 0 saturated heterocycles. The summed E-state index contributed by atoms with van der Waals surface area (Å²) in [6.45, 7) is 0.917. The molecule has 0 bridgehead atoms. The van der Waals surface area contributed by atoms with E-state index in [0.717, 1.165) is 11.6 Å². The molecular formula is C4H5N3S. The maximum atomic E-state index is 4.04. The van der Waals surface area contributed by atoms with E-state index < -0.39 is 0 Å². The van der Waals surface area contributed by atoms with E-state index in [1.807, 2.05) is 0 Å². The summed E-state index contributed by atoms with van der Waals surface area (Å²) in [7, 11) is 0. The van der Waals surface area contributed by atoms with Crippen LogP contribution >= 0.6 is 11.9 Å². The largest absolute Gasteiger partial charge is 0.346 e. The number of hydrogen-bond donors (Lipinski definition) is 2. The SMILES string of the molecule is c1nc2c([nH]1)CNS2. The van der Waals surface area contributed by atoms with Gasteiger partial charge in [-0.2, -0.15) is 0 Å². The summed E-state index contributed by atoms with van der Waals surface area (Å²) >= 11 is 1.58. The minimum atomic E-state index is 0.917. The average Bonchev–Trinajstić information content (AvgIpc) is 2.15. The number of hydrogen-bond acceptors (Lipinski definition) is 3. The van der Waals surface area contributed by atoms with Crippen LogP contribution in [0.2, 0.25) is 0 Å². The van der Waals surface area contributed by atoms with Crippen LogP contribution < -0.4 is 4.72 Å². The van der Waals surface area contributed by atoms with Crippen LogP contribution in [0.3, 0.4) is 0 Å². The van der Waals surface area contributed by atoms with Crippen molar-refractivity contribution in [1.82, 2.24) is 14.7 Å². The minimum absolute atomic E-state index is 0.917. The number of aromatic amines is 1. The lowest BCUT2D eigenvalue weighted by Gasteiger charge is -1.80. The van der Waals surface area contributed by atoms with Gasteiger partial charge in [-0.05, 0) is 11.9 Å². The molecule has 0 aliphatic carbocycles. The molecule has 0 radical (unpaired) electrons. The van der Waals surface area contributed by atoms with Crippen LogP contribution in [0.1, 0.15) is 5.69 Å². The van der Waals surface area contributed by atoms with Gasteiger partial charge in [0.2, 0.25) is 0 Å². The summed E-state index contributed by atoms with van der Waals surface area (Å²) in [5, 5.41) is 1.09. The fourth-order valence-corrected chi connectivity index (χ4v) is 1.41. The quantitative estimate of drug-likeness (QED) is 0.499. The Kier molecular flexibility index (Phi) is 0.824. The van der Waals surface area contributed by atoms with Gasteiger partial charge in [0.05, 0.1) is 12.0 Å². The van der Waals surface area contributed by atoms with Crippen molar-refractivity contribution >= 4 is 11.9 Å². The molecule has 8 heavy (non-hydrogen) atoms. The predicted octanol–water partition coefficient (Wildman–Crippen LogP) is 0.520. The van der Waals surface area contributed by atoms with Gasteiger partial charge in [-0.3, -0.25) is 4.72 Å². The first-order chi connectivity index (χ1) is 3.97. The fraction of sp³-hybridized carbons (Fsp3) is 0.250. The van der Waals surface area contributed by atoms with Crippen LogP contribution in [0.5, 0.6) is 0 Å². The van der Waals surface area contributed by atoms with Crippen molar-refractivity contribution in [3.8, 4) is 0 Å². The van der Waals surface area contributed by atoms with Crippen LogP contribution in [-0.4, -0.2) is 9.97 Å². The van der Waals surface area contributed by atoms with E-state index in [0.29, 0.717) is 0 Å². The molecule has 4 heteroatoms. The minimum Gasteiger partial charge on any atom is -0.346 e. The van der Waals surface area contributed by atoms with Crippen molar-refractivity contribution in [2.75, 3.05) is 0 Å². The van der Waals surface area contributed by atoms with Gasteiger partial charge in [0.25, 0.3) is 0 Å². The molecule has 0 saturated carbocycles. The van der Waals surface area contributed by atoms with Gasteiger partial charge in [0.1, 0.15) is 5.03 Å². The Morgan fingerprint density at radius 1 is 1.75 bits per heavy atom. The standard InChI is InChI=1S/C4H5N3S/c1-3-4(8-7-1)6-2-5-3/h2,7H,1H2,(H,5,6). The highest BCUT2D eigenvalue weighted by Crippen LogP contribution is 2.21. The Bertz CT molecular complexity index is 176. The molecule has 2 heterocycles. The normalized spacial score (nSPS) is 16.5. The number of fused-ring (bicyclic) bond motifs is 1. The van der Waals surface area contributed by atoms with Crippen molar-refractivity contribution in [2.24, 2.45) is 0 Å². The third-order valence-electron chi connectivity index (χ3n) is 1.10. The maximum Gasteiger partial charge on any atom is 0.133 e. The zero-order valence-electron chi connectivity index (χ0n) is 4.14. The van der Waals surface area contributed by atoms with Crippen molar-refractivity contribution in [3.63, 3.8) is 0 Å². The topological polar surface area (TPSA) is 40.7 Å². The Balaban J connectivity index is 2.54. The molecule has 2 N–H and O–H groups in total. The van der Waals surface area contributed by atoms with Gasteiger partial charge >= 0.3 is 0 Å². The van der Waals surface area contributed by atoms with Crippen LogP contribution in [0, 0.1) is 0 Å². The van der Waals surface area contributed by atoms with Gasteiger partial charge < -0.3 is 4.98 Å². The second-order valence-electron chi connectivity index (χ2n) is 1.61. The summed E-state index contributed by atoms with van der Waals surface area (Å²) in [5.74, 6) is 0. The highest BCUT2D eigenvalue weighted by atomic mass is 32.2. The van der Waals surface area contributed by atoms with Gasteiger partial charge in [-0.1, -0.05) is 0 Å². The number of nitrogens with one attached hydrogen (secondary N) is 2. The molecule has 2 rings (SSSR count). The third kappa shape index (κ3) is 0.468. The summed E-state index contributed by atoms with van der Waals surface area (Å²) in [6, 6.07) is 0. The zero-order chi connectivity index (χ0) is 5.40. The van der Waals surface area contributed by atoms with E-state index in [1.54, 1.807) is 18.3 Å². The molecule has 0 amide bonds. The number of H-pyrrole nitrogens is 1. The Labute approximate surface area is 51.0 Å². The molecule has 0 atom stereocenters. The third-order valence-corrected chi connectivity index (χ3v) is 1.93. The van der Waals surface area contributed by atoms with E-state index in [-0.39, 0.29) is 0 Å². The monoisotopic (exact) mass is 127 g/mol. The van der Waals surface area contributed by atoms with Crippen molar-refractivity contribution in [3.05, 3.63) is 12.0 Å². The van der Waals surface area contributed by atoms with E-state index in [1.165, 1.54) is 5.69 Å². The zero-order valence-corrected chi connectivity index (χ0v) is 4.96. The van der Waals surface area contributed by atoms with Crippen molar-refractivity contribution in [1.29, 1.82) is 0 Å². The van der Waals surface area contributed by atoms with Gasteiger partial charge in [-0.25, -0.2) is 4.98 Å². The average molecular weight is 127 g/mol. The molecule has 1 aliphatic heterocycles. The molecule has 0 aromatic carbocycles. The molecule has 3 nitrogen and oxygen atoms in total. The molecule has 1 aromatic heterocycles. The highest BCUT2D eigenvalue weighted by molar-refractivity contribution is 7.97. The Morgan fingerprint density at radius 2 is 2.75 bits per heavy atom. The molecule has 0 unspecified atom stereocenters. The Hall–Kier alpha value is -0.480. The second-order valence-corrected chi connectivity index (χ2v) is 2.49. The molecular weight excluding hydrogens is 122 g/mol. The van der Waals surface area contributed by atoms with Crippen LogP contribution in [0.15, 0.2) is 11.4 Å². The smallest absolute Gasteiger partial charge is 0.133 e. The summed E-state index contributed by atoms with van der Waals surface area (Å²) in [4.78, 5) is 7.06. The first kappa shape index (κ1) is 4.40. The van der Waals surface area contributed by atoms with Crippen molar-refractivity contribution < 1.29 is 0 Å². The van der Waals surface area contributed by atoms with E-state index in [9.17, 15) is 0 Å². The predicted molar refractivity (Wildman–Crippen MR) is 31.3 cm³/mol. The van der Waals surface area contributed by atoms with Crippen LogP contribution in [0.25, 0.3) is 0 Å². The number of nitrogens with zero attached hydrogens (tertiary/aromatic N) is 1. The van der Waals surface area contributed by atoms with Crippen LogP contribution in [0.4, 0.5) is 0 Å². The molecule has 1 aromatic rings. The van der Waals surface area contributed by atoms with Gasteiger partial charge in [0, 0.05) is 6.54 Å². The molecule has 1 aliphatic rings. The summed E-state index contributed by atoms with van der Waals surface area (Å²) in [6.07, 6.45) is 1.72. The highest BCUT2D eigenvalue weighted by Gasteiger charge is 2.11. The summed E-state index contributed by atoms with van der Waals surface area (Å²) < 4.78 is 3.09. The lowest BCUT2D eigenvalue weighted by molar-refractivity contribution is 0.948. The maximum absolute atomic E-state index is 4.04. The number of aromatic nitrogens is 2. The molecule has 42 valence electrons. The first-order valence-electron chi connectivity index (χ1n) is 2.39. The van der Waals surface area contributed by atoms with E-state index >= 15 is 0 Å². The number of rotatable bonds is 0. The second kappa shape index (κ2) is 1.50. The Morgan fingerprint density at radius 3 is 3.62 bits per heavy atom. The van der Waals surface area contributed by atoms with Crippen molar-refractivity contribution in [2.45, 2.75) is 11.6 Å². The summed E-state index contributed by atoms with van der Waals surface area (Å²) in [5.41, 5.74) is 1.20. The van der Waals surface area contributed by atoms with Gasteiger partial charge in [0.15, 0.2) is 0 Å². The molecule has 0 fully saturated rings. The van der Waals surface area contributed by atoms with Gasteiger partial charge in [-0.15, -0.1) is 0 Å². The van der Waals surface area contributed by atoms with E-state index in [4.69, 9.17) is 0 Å². The lowest BCUT2D eigenvalue weighted by Crippen LogP contribution is -1.92. The lowest BCUT2D eigenvalue weighted by atomic mass is 10.5.